The number of halogens is 2. The molecule has 0 heterocycles. The van der Waals surface area contributed by atoms with Crippen LogP contribution in [0.4, 0.5) is 15.8 Å². The molecule has 104 valence electrons. The zero-order valence-corrected chi connectivity index (χ0v) is 12.0. The summed E-state index contributed by atoms with van der Waals surface area (Å²) < 4.78 is 13.1. The minimum atomic E-state index is -0.451. The summed E-state index contributed by atoms with van der Waals surface area (Å²) in [5, 5.41) is 3.17. The summed E-state index contributed by atoms with van der Waals surface area (Å²) in [6.45, 7) is 0. The molecule has 0 aliphatic carbocycles. The van der Waals surface area contributed by atoms with E-state index in [0.29, 0.717) is 10.7 Å². The van der Waals surface area contributed by atoms with Gasteiger partial charge in [-0.15, -0.1) is 11.8 Å². The van der Waals surface area contributed by atoms with E-state index in [4.69, 9.17) is 17.3 Å². The van der Waals surface area contributed by atoms with Crippen molar-refractivity contribution in [3.8, 4) is 0 Å². The first-order valence-electron chi connectivity index (χ1n) is 5.78. The van der Waals surface area contributed by atoms with E-state index in [9.17, 15) is 9.18 Å². The Balaban J connectivity index is 1.96. The molecule has 3 nitrogen and oxygen atoms in total. The smallest absolute Gasteiger partial charge is 0.234 e. The minimum absolute atomic E-state index is 0.166. The van der Waals surface area contributed by atoms with Crippen LogP contribution in [0.2, 0.25) is 5.02 Å². The molecule has 0 atom stereocenters. The fourth-order valence-electron chi connectivity index (χ4n) is 1.53. The van der Waals surface area contributed by atoms with Crippen molar-refractivity contribution < 1.29 is 9.18 Å². The van der Waals surface area contributed by atoms with E-state index in [2.05, 4.69) is 5.32 Å². The fraction of sp³-hybridized carbons (Fsp3) is 0.0714. The number of nitrogen functional groups attached to an aromatic ring is 1. The van der Waals surface area contributed by atoms with E-state index >= 15 is 0 Å². The number of carbonyl (C=O) groups is 1. The molecule has 2 aromatic rings. The van der Waals surface area contributed by atoms with Gasteiger partial charge in [-0.2, -0.15) is 0 Å². The lowest BCUT2D eigenvalue weighted by atomic mass is 10.2. The first kappa shape index (κ1) is 14.7. The summed E-state index contributed by atoms with van der Waals surface area (Å²) in [6.07, 6.45) is 0. The lowest BCUT2D eigenvalue weighted by Gasteiger charge is -2.08. The molecular weight excluding hydrogens is 299 g/mol. The summed E-state index contributed by atoms with van der Waals surface area (Å²) in [5.74, 6) is -0.555. The summed E-state index contributed by atoms with van der Waals surface area (Å²) >= 11 is 7.30. The normalized spacial score (nSPS) is 10.3. The number of hydrogen-bond acceptors (Lipinski definition) is 3. The largest absolute Gasteiger partial charge is 0.397 e. The molecule has 0 saturated heterocycles. The van der Waals surface area contributed by atoms with E-state index < -0.39 is 5.82 Å². The predicted molar refractivity (Wildman–Crippen MR) is 81.6 cm³/mol. The van der Waals surface area contributed by atoms with Gasteiger partial charge in [0.05, 0.1) is 22.2 Å². The molecule has 0 fully saturated rings. The second-order valence-electron chi connectivity index (χ2n) is 4.00. The Morgan fingerprint density at radius 1 is 1.30 bits per heavy atom. The van der Waals surface area contributed by atoms with Gasteiger partial charge >= 0.3 is 0 Å². The highest BCUT2D eigenvalue weighted by molar-refractivity contribution is 8.00. The molecule has 3 N–H and O–H groups in total. The third-order valence-corrected chi connectivity index (χ3v) is 4.00. The SMILES string of the molecule is Nc1ccc(F)cc1NC(=O)CSc1ccccc1Cl. The molecule has 0 bridgehead atoms. The predicted octanol–water partition coefficient (Wildman–Crippen LogP) is 3.79. The van der Waals surface area contributed by atoms with Crippen LogP contribution < -0.4 is 11.1 Å². The van der Waals surface area contributed by atoms with Crippen molar-refractivity contribution in [2.24, 2.45) is 0 Å². The number of anilines is 2. The maximum Gasteiger partial charge on any atom is 0.234 e. The average molecular weight is 311 g/mol. The Morgan fingerprint density at radius 2 is 2.05 bits per heavy atom. The standard InChI is InChI=1S/C14H12ClFN2OS/c15-10-3-1-2-4-13(10)20-8-14(19)18-12-7-9(16)5-6-11(12)17/h1-7H,8,17H2,(H,18,19). The molecule has 0 aliphatic heterocycles. The van der Waals surface area contributed by atoms with Gasteiger partial charge in [0.1, 0.15) is 5.82 Å². The molecule has 6 heteroatoms. The molecule has 0 spiro atoms. The van der Waals surface area contributed by atoms with Gasteiger partial charge < -0.3 is 11.1 Å². The van der Waals surface area contributed by atoms with Crippen LogP contribution in [0.1, 0.15) is 0 Å². The van der Waals surface area contributed by atoms with E-state index in [1.165, 1.54) is 30.0 Å². The summed E-state index contributed by atoms with van der Waals surface area (Å²) in [5.41, 5.74) is 6.25. The van der Waals surface area contributed by atoms with Gasteiger partial charge in [-0.25, -0.2) is 4.39 Å². The molecule has 0 aliphatic rings. The second kappa shape index (κ2) is 6.63. The van der Waals surface area contributed by atoms with Crippen LogP contribution in [0.15, 0.2) is 47.4 Å². The molecule has 20 heavy (non-hydrogen) atoms. The molecule has 0 radical (unpaired) electrons. The Morgan fingerprint density at radius 3 is 2.80 bits per heavy atom. The lowest BCUT2D eigenvalue weighted by Crippen LogP contribution is -2.15. The Hall–Kier alpha value is -1.72. The van der Waals surface area contributed by atoms with Gasteiger partial charge in [0, 0.05) is 4.90 Å². The third-order valence-electron chi connectivity index (χ3n) is 2.48. The maximum atomic E-state index is 13.1. The Bertz CT molecular complexity index is 636. The van der Waals surface area contributed by atoms with Gasteiger partial charge in [-0.3, -0.25) is 4.79 Å². The van der Waals surface area contributed by atoms with Crippen molar-refractivity contribution in [1.29, 1.82) is 0 Å². The van der Waals surface area contributed by atoms with Crippen LogP contribution in [0, 0.1) is 5.82 Å². The van der Waals surface area contributed by atoms with Gasteiger partial charge in [-0.1, -0.05) is 23.7 Å². The third kappa shape index (κ3) is 3.88. The van der Waals surface area contributed by atoms with E-state index in [1.54, 1.807) is 6.07 Å². The Labute approximate surface area is 125 Å². The topological polar surface area (TPSA) is 55.1 Å². The average Bonchev–Trinajstić information content (AvgIpc) is 2.42. The number of carbonyl (C=O) groups excluding carboxylic acids is 1. The zero-order chi connectivity index (χ0) is 14.5. The molecule has 2 aromatic carbocycles. The molecule has 0 saturated carbocycles. The van der Waals surface area contributed by atoms with Crippen LogP contribution >= 0.6 is 23.4 Å². The Kier molecular flexibility index (Phi) is 4.87. The van der Waals surface area contributed by atoms with Crippen molar-refractivity contribution in [2.45, 2.75) is 4.90 Å². The number of nitrogens with one attached hydrogen (secondary N) is 1. The van der Waals surface area contributed by atoms with E-state index in [0.717, 1.165) is 4.90 Å². The first-order chi connectivity index (χ1) is 9.56. The molecule has 0 unspecified atom stereocenters. The number of benzene rings is 2. The number of amides is 1. The number of nitrogens with two attached hydrogens (primary N) is 1. The van der Waals surface area contributed by atoms with Gasteiger partial charge in [0.2, 0.25) is 5.91 Å². The maximum absolute atomic E-state index is 13.1. The van der Waals surface area contributed by atoms with Crippen LogP contribution in [0.3, 0.4) is 0 Å². The summed E-state index contributed by atoms with van der Waals surface area (Å²) in [4.78, 5) is 12.6. The van der Waals surface area contributed by atoms with Gasteiger partial charge in [0.15, 0.2) is 0 Å². The van der Waals surface area contributed by atoms with Crippen molar-refractivity contribution >= 4 is 40.6 Å². The number of thioether (sulfide) groups is 1. The van der Waals surface area contributed by atoms with Gasteiger partial charge in [0.25, 0.3) is 0 Å². The van der Waals surface area contributed by atoms with Crippen LogP contribution in [-0.2, 0) is 4.79 Å². The van der Waals surface area contributed by atoms with E-state index in [1.807, 2.05) is 18.2 Å². The number of rotatable bonds is 4. The van der Waals surface area contributed by atoms with Crippen molar-refractivity contribution in [2.75, 3.05) is 16.8 Å². The fourth-order valence-corrected chi connectivity index (χ4v) is 2.57. The molecule has 0 aromatic heterocycles. The second-order valence-corrected chi connectivity index (χ2v) is 5.42. The van der Waals surface area contributed by atoms with Crippen molar-refractivity contribution in [3.05, 3.63) is 53.3 Å². The highest BCUT2D eigenvalue weighted by atomic mass is 35.5. The van der Waals surface area contributed by atoms with Crippen LogP contribution in [0.25, 0.3) is 0 Å². The summed E-state index contributed by atoms with van der Waals surface area (Å²) in [7, 11) is 0. The lowest BCUT2D eigenvalue weighted by molar-refractivity contribution is -0.113. The van der Waals surface area contributed by atoms with Crippen molar-refractivity contribution in [1.82, 2.24) is 0 Å². The monoisotopic (exact) mass is 310 g/mol. The minimum Gasteiger partial charge on any atom is -0.397 e. The molecular formula is C14H12ClFN2OS. The van der Waals surface area contributed by atoms with Crippen LogP contribution in [-0.4, -0.2) is 11.7 Å². The summed E-state index contributed by atoms with van der Waals surface area (Å²) in [6, 6.07) is 11.1. The highest BCUT2D eigenvalue weighted by Gasteiger charge is 2.08. The quantitative estimate of drug-likeness (QED) is 0.667. The van der Waals surface area contributed by atoms with E-state index in [-0.39, 0.29) is 17.3 Å². The van der Waals surface area contributed by atoms with Gasteiger partial charge in [-0.05, 0) is 30.3 Å². The van der Waals surface area contributed by atoms with Crippen LogP contribution in [0.5, 0.6) is 0 Å². The zero-order valence-electron chi connectivity index (χ0n) is 10.4. The first-order valence-corrected chi connectivity index (χ1v) is 7.15. The number of hydrogen-bond donors (Lipinski definition) is 2. The highest BCUT2D eigenvalue weighted by Crippen LogP contribution is 2.27. The molecule has 1 amide bonds. The molecule has 2 rings (SSSR count). The van der Waals surface area contributed by atoms with Crippen molar-refractivity contribution in [3.63, 3.8) is 0 Å².